The molecule has 26 heavy (non-hydrogen) atoms. The summed E-state index contributed by atoms with van der Waals surface area (Å²) in [6.45, 7) is 11.1. The van der Waals surface area contributed by atoms with Crippen LogP contribution in [0.1, 0.15) is 27.8 Å². The van der Waals surface area contributed by atoms with Crippen molar-refractivity contribution in [2.75, 3.05) is 0 Å². The maximum absolute atomic E-state index is 2.38. The lowest BCUT2D eigenvalue weighted by Crippen LogP contribution is -2.31. The topological polar surface area (TPSA) is 3.88 Å². The third-order valence-corrected chi connectivity index (χ3v) is 5.90. The average molecular weight is 340 g/mol. The van der Waals surface area contributed by atoms with Crippen molar-refractivity contribution < 1.29 is 4.57 Å². The summed E-state index contributed by atoms with van der Waals surface area (Å²) in [4.78, 5) is 0. The zero-order chi connectivity index (χ0) is 18.6. The summed E-state index contributed by atoms with van der Waals surface area (Å²) in [5.74, 6) is 0. The summed E-state index contributed by atoms with van der Waals surface area (Å²) in [5, 5.41) is 5.41. The maximum Gasteiger partial charge on any atom is 0.213 e. The molecule has 0 spiro atoms. The summed E-state index contributed by atoms with van der Waals surface area (Å²) in [6.07, 6.45) is 2.30. The summed E-state index contributed by atoms with van der Waals surface area (Å²) in [5.41, 5.74) is 9.36. The second kappa shape index (κ2) is 5.95. The molecule has 0 aliphatic carbocycles. The number of hydrogen-bond donors (Lipinski definition) is 0. The number of pyridine rings is 1. The molecule has 0 saturated heterocycles. The third-order valence-electron chi connectivity index (χ3n) is 5.90. The molecule has 1 heteroatoms. The van der Waals surface area contributed by atoms with Crippen molar-refractivity contribution in [2.24, 2.45) is 7.05 Å². The van der Waals surface area contributed by atoms with Crippen LogP contribution >= 0.6 is 0 Å². The summed E-state index contributed by atoms with van der Waals surface area (Å²) in [7, 11) is 2.16. The van der Waals surface area contributed by atoms with Crippen molar-refractivity contribution in [3.63, 3.8) is 0 Å². The molecule has 3 aromatic carbocycles. The van der Waals surface area contributed by atoms with E-state index in [0.717, 1.165) is 0 Å². The Morgan fingerprint density at radius 1 is 0.654 bits per heavy atom. The van der Waals surface area contributed by atoms with E-state index < -0.39 is 0 Å². The van der Waals surface area contributed by atoms with Gasteiger partial charge in [-0.2, -0.15) is 0 Å². The number of nitrogens with zero attached hydrogens (tertiary/aromatic N) is 1. The minimum Gasteiger partial charge on any atom is -0.200 e. The van der Waals surface area contributed by atoms with Crippen LogP contribution in [0.5, 0.6) is 0 Å². The fourth-order valence-corrected chi connectivity index (χ4v) is 4.26. The lowest BCUT2D eigenvalue weighted by Gasteiger charge is -2.14. The van der Waals surface area contributed by atoms with Crippen molar-refractivity contribution >= 4 is 21.5 Å². The molecular weight excluding hydrogens is 314 g/mol. The van der Waals surface area contributed by atoms with Gasteiger partial charge in [-0.1, -0.05) is 35.9 Å². The van der Waals surface area contributed by atoms with Crippen LogP contribution in [0.4, 0.5) is 0 Å². The molecule has 0 fully saturated rings. The Kier molecular flexibility index (Phi) is 3.84. The Morgan fingerprint density at radius 3 is 1.92 bits per heavy atom. The molecule has 0 N–H and O–H groups in total. The molecule has 0 saturated carbocycles. The Balaban J connectivity index is 2.13. The van der Waals surface area contributed by atoms with Crippen LogP contribution in [-0.2, 0) is 7.05 Å². The zero-order valence-corrected chi connectivity index (χ0v) is 16.6. The largest absolute Gasteiger partial charge is 0.213 e. The van der Waals surface area contributed by atoms with E-state index in [2.05, 4.69) is 94.9 Å². The van der Waals surface area contributed by atoms with Crippen LogP contribution < -0.4 is 4.57 Å². The second-order valence-electron chi connectivity index (χ2n) is 7.65. The highest BCUT2D eigenvalue weighted by Gasteiger charge is 2.19. The van der Waals surface area contributed by atoms with Gasteiger partial charge in [0.2, 0.25) is 5.69 Å². The molecule has 4 rings (SSSR count). The molecule has 0 bridgehead atoms. The standard InChI is InChI=1S/C25H26N/c1-15-11-16(2)17(3)23(12-15)25-13-22-18(4)20-9-7-8-10-21(20)19(5)24(22)14-26(25)6/h7-14H,1-6H3/q+1. The van der Waals surface area contributed by atoms with Crippen LogP contribution in [0.2, 0.25) is 0 Å². The van der Waals surface area contributed by atoms with Gasteiger partial charge in [-0.15, -0.1) is 0 Å². The van der Waals surface area contributed by atoms with E-state index >= 15 is 0 Å². The molecule has 0 amide bonds. The van der Waals surface area contributed by atoms with E-state index in [4.69, 9.17) is 0 Å². The predicted molar refractivity (Wildman–Crippen MR) is 112 cm³/mol. The smallest absolute Gasteiger partial charge is 0.200 e. The highest BCUT2D eigenvalue weighted by atomic mass is 14.9. The van der Waals surface area contributed by atoms with Gasteiger partial charge in [0, 0.05) is 17.0 Å². The minimum atomic E-state index is 1.28. The lowest BCUT2D eigenvalue weighted by molar-refractivity contribution is -0.659. The van der Waals surface area contributed by atoms with Crippen molar-refractivity contribution in [1.29, 1.82) is 0 Å². The Bertz CT molecular complexity index is 1180. The normalized spacial score (nSPS) is 11.5. The number of fused-ring (bicyclic) bond motifs is 2. The Hall–Kier alpha value is -2.67. The highest BCUT2D eigenvalue weighted by Crippen LogP contribution is 2.34. The minimum absolute atomic E-state index is 1.28. The van der Waals surface area contributed by atoms with Gasteiger partial charge in [-0.3, -0.25) is 0 Å². The molecule has 130 valence electrons. The quantitative estimate of drug-likeness (QED) is 0.294. The maximum atomic E-state index is 2.38. The van der Waals surface area contributed by atoms with E-state index in [1.807, 2.05) is 0 Å². The molecule has 1 aromatic heterocycles. The molecule has 0 aliphatic heterocycles. The van der Waals surface area contributed by atoms with E-state index in [-0.39, 0.29) is 0 Å². The van der Waals surface area contributed by atoms with Gasteiger partial charge in [-0.25, -0.2) is 4.57 Å². The molecule has 4 aromatic rings. The summed E-state index contributed by atoms with van der Waals surface area (Å²) in [6, 6.07) is 15.7. The Labute approximate surface area is 155 Å². The Morgan fingerprint density at radius 2 is 1.27 bits per heavy atom. The van der Waals surface area contributed by atoms with Crippen LogP contribution in [0, 0.1) is 34.6 Å². The number of aromatic nitrogens is 1. The average Bonchev–Trinajstić information content (AvgIpc) is 2.62. The van der Waals surface area contributed by atoms with Gasteiger partial charge >= 0.3 is 0 Å². The monoisotopic (exact) mass is 340 g/mol. The summed E-state index contributed by atoms with van der Waals surface area (Å²) >= 11 is 0. The van der Waals surface area contributed by atoms with Gasteiger partial charge < -0.3 is 0 Å². The first-order valence-corrected chi connectivity index (χ1v) is 9.28. The highest BCUT2D eigenvalue weighted by molar-refractivity contribution is 6.05. The first-order chi connectivity index (χ1) is 12.4. The van der Waals surface area contributed by atoms with Crippen molar-refractivity contribution in [2.45, 2.75) is 34.6 Å². The predicted octanol–water partition coefficient (Wildman–Crippen LogP) is 6.03. The van der Waals surface area contributed by atoms with Gasteiger partial charge in [0.25, 0.3) is 0 Å². The van der Waals surface area contributed by atoms with Crippen molar-refractivity contribution in [3.05, 3.63) is 76.5 Å². The van der Waals surface area contributed by atoms with Gasteiger partial charge in [0.1, 0.15) is 7.05 Å². The van der Waals surface area contributed by atoms with E-state index in [9.17, 15) is 0 Å². The van der Waals surface area contributed by atoms with E-state index in [1.165, 1.54) is 60.6 Å². The molecular formula is C25H26N+. The number of benzene rings is 3. The van der Waals surface area contributed by atoms with E-state index in [1.54, 1.807) is 0 Å². The number of rotatable bonds is 1. The van der Waals surface area contributed by atoms with Crippen LogP contribution in [-0.4, -0.2) is 0 Å². The number of aryl methyl sites for hydroxylation is 5. The molecule has 1 nitrogen and oxygen atoms in total. The van der Waals surface area contributed by atoms with Crippen LogP contribution in [0.25, 0.3) is 32.8 Å². The van der Waals surface area contributed by atoms with Gasteiger partial charge in [0.05, 0.1) is 0 Å². The van der Waals surface area contributed by atoms with Gasteiger partial charge in [0.15, 0.2) is 6.20 Å². The SMILES string of the molecule is Cc1cc(C)c(C)c(-c2cc3c(C)c4ccccc4c(C)c3c[n+]2C)c1. The summed E-state index contributed by atoms with van der Waals surface area (Å²) < 4.78 is 2.28. The van der Waals surface area contributed by atoms with E-state index in [0.29, 0.717) is 0 Å². The third kappa shape index (κ3) is 2.42. The molecule has 1 heterocycles. The van der Waals surface area contributed by atoms with Crippen LogP contribution in [0.15, 0.2) is 48.7 Å². The molecule has 0 aliphatic rings. The van der Waals surface area contributed by atoms with Gasteiger partial charge in [-0.05, 0) is 79.1 Å². The zero-order valence-electron chi connectivity index (χ0n) is 16.6. The lowest BCUT2D eigenvalue weighted by atomic mass is 9.91. The first-order valence-electron chi connectivity index (χ1n) is 9.28. The fourth-order valence-electron chi connectivity index (χ4n) is 4.26. The van der Waals surface area contributed by atoms with Crippen molar-refractivity contribution in [3.8, 4) is 11.3 Å². The number of hydrogen-bond acceptors (Lipinski definition) is 0. The van der Waals surface area contributed by atoms with Crippen molar-refractivity contribution in [1.82, 2.24) is 0 Å². The van der Waals surface area contributed by atoms with Crippen LogP contribution in [0.3, 0.4) is 0 Å². The molecule has 0 unspecified atom stereocenters. The fraction of sp³-hybridized carbons (Fsp3) is 0.240. The molecule has 0 atom stereocenters. The second-order valence-corrected chi connectivity index (χ2v) is 7.65. The molecule has 0 radical (unpaired) electrons. The first kappa shape index (κ1) is 16.8.